The molecule has 0 radical (unpaired) electrons. The Hall–Kier alpha value is -3.50. The number of aryl methyl sites for hydroxylation is 2. The normalized spacial score (nSPS) is 17.4. The lowest BCUT2D eigenvalue weighted by molar-refractivity contribution is -0.138. The maximum Gasteiger partial charge on any atom is 0.251 e. The fourth-order valence-corrected chi connectivity index (χ4v) is 6.66. The number of methoxy groups -OCH3 is 1. The molecule has 2 N–H and O–H groups in total. The molecule has 2 fully saturated rings. The van der Waals surface area contributed by atoms with Crippen molar-refractivity contribution in [1.82, 2.24) is 15.5 Å². The number of piperidine rings is 1. The molecule has 258 valence electrons. The first kappa shape index (κ1) is 35.8. The van der Waals surface area contributed by atoms with Crippen molar-refractivity contribution in [2.45, 2.75) is 58.2 Å². The highest BCUT2D eigenvalue weighted by molar-refractivity contribution is 6.37. The minimum atomic E-state index is -0.366. The quantitative estimate of drug-likeness (QED) is 0.168. The molecule has 3 aromatic carbocycles. The molecule has 2 atom stereocenters. The molecular formula is C37H45Cl2N3O6. The number of halogens is 2. The molecule has 0 bridgehead atoms. The van der Waals surface area contributed by atoms with Gasteiger partial charge in [0.05, 0.1) is 22.6 Å². The Morgan fingerprint density at radius 2 is 1.62 bits per heavy atom. The standard InChI is InChI=1S/C37H45Cl2N3O6/c1-24-18-32(38)35(33(39)19-24)48-17-16-47-29-10-11-30(25(2)20-29)36(43)41-34-12-13-40-22-31(34)37(44)42(27-8-9-27)23-26-6-4-7-28(21-26)46-15-5-14-45-3/h4,6-7,10-11,18-21,27,31,34,40H,5,8-9,12-17,22-23H2,1-3H3,(H,41,43). The molecule has 11 heteroatoms. The number of carbonyl (C=O) groups is 2. The molecule has 0 spiro atoms. The van der Waals surface area contributed by atoms with E-state index >= 15 is 0 Å². The topological polar surface area (TPSA) is 98.4 Å². The SMILES string of the molecule is COCCCOc1cccc(CN(C(=O)C2CNCCC2NC(=O)c2ccc(OCCOc3c(Cl)cc(C)cc3Cl)cc2C)C2CC2)c1. The number of hydrogen-bond acceptors (Lipinski definition) is 7. The zero-order chi connectivity index (χ0) is 34.0. The van der Waals surface area contributed by atoms with Gasteiger partial charge in [-0.25, -0.2) is 0 Å². The maximum absolute atomic E-state index is 14.1. The molecule has 1 aliphatic carbocycles. The molecule has 0 aromatic heterocycles. The van der Waals surface area contributed by atoms with Crippen molar-refractivity contribution >= 4 is 35.0 Å². The van der Waals surface area contributed by atoms with E-state index < -0.39 is 0 Å². The fraction of sp³-hybridized carbons (Fsp3) is 0.459. The average Bonchev–Trinajstić information content (AvgIpc) is 3.91. The van der Waals surface area contributed by atoms with Crippen LogP contribution < -0.4 is 24.8 Å². The van der Waals surface area contributed by atoms with Gasteiger partial charge in [0.1, 0.15) is 24.7 Å². The van der Waals surface area contributed by atoms with Crippen molar-refractivity contribution in [2.24, 2.45) is 5.92 Å². The Labute approximate surface area is 293 Å². The summed E-state index contributed by atoms with van der Waals surface area (Å²) >= 11 is 12.5. The molecule has 3 aromatic rings. The summed E-state index contributed by atoms with van der Waals surface area (Å²) in [6.07, 6.45) is 3.45. The van der Waals surface area contributed by atoms with E-state index in [9.17, 15) is 9.59 Å². The molecule has 5 rings (SSSR count). The first-order valence-corrected chi connectivity index (χ1v) is 17.3. The fourth-order valence-electron chi connectivity index (χ4n) is 5.96. The van der Waals surface area contributed by atoms with E-state index in [1.807, 2.05) is 49.1 Å². The Kier molecular flexibility index (Phi) is 12.9. The van der Waals surface area contributed by atoms with Gasteiger partial charge in [0.2, 0.25) is 5.91 Å². The zero-order valence-corrected chi connectivity index (χ0v) is 29.4. The summed E-state index contributed by atoms with van der Waals surface area (Å²) in [4.78, 5) is 29.6. The number of rotatable bonds is 16. The molecule has 1 saturated carbocycles. The summed E-state index contributed by atoms with van der Waals surface area (Å²) in [6, 6.07) is 16.8. The van der Waals surface area contributed by atoms with Gasteiger partial charge in [0.15, 0.2) is 5.75 Å². The van der Waals surface area contributed by atoms with Crippen LogP contribution in [0.1, 0.15) is 52.7 Å². The van der Waals surface area contributed by atoms with Crippen LogP contribution >= 0.6 is 23.2 Å². The largest absolute Gasteiger partial charge is 0.493 e. The Morgan fingerprint density at radius 3 is 2.35 bits per heavy atom. The van der Waals surface area contributed by atoms with Crippen LogP contribution in [0.25, 0.3) is 0 Å². The van der Waals surface area contributed by atoms with Crippen LogP contribution in [0.3, 0.4) is 0 Å². The van der Waals surface area contributed by atoms with Crippen LogP contribution in [0.2, 0.25) is 10.0 Å². The second-order valence-corrected chi connectivity index (χ2v) is 13.3. The van der Waals surface area contributed by atoms with Crippen molar-refractivity contribution in [3.8, 4) is 17.2 Å². The molecule has 9 nitrogen and oxygen atoms in total. The maximum atomic E-state index is 14.1. The van der Waals surface area contributed by atoms with E-state index in [0.717, 1.165) is 48.2 Å². The van der Waals surface area contributed by atoms with E-state index in [2.05, 4.69) is 10.6 Å². The number of benzene rings is 3. The third kappa shape index (κ3) is 9.78. The molecule has 1 saturated heterocycles. The van der Waals surface area contributed by atoms with Gasteiger partial charge in [-0.15, -0.1) is 0 Å². The predicted molar refractivity (Wildman–Crippen MR) is 188 cm³/mol. The van der Waals surface area contributed by atoms with Crippen molar-refractivity contribution in [1.29, 1.82) is 0 Å². The first-order valence-electron chi connectivity index (χ1n) is 16.6. The molecular weight excluding hydrogens is 653 g/mol. The first-order chi connectivity index (χ1) is 23.2. The van der Waals surface area contributed by atoms with Crippen LogP contribution in [0.5, 0.6) is 17.2 Å². The van der Waals surface area contributed by atoms with Gasteiger partial charge in [0.25, 0.3) is 5.91 Å². The smallest absolute Gasteiger partial charge is 0.251 e. The monoisotopic (exact) mass is 697 g/mol. The van der Waals surface area contributed by atoms with Crippen molar-refractivity contribution in [2.75, 3.05) is 46.6 Å². The lowest BCUT2D eigenvalue weighted by Gasteiger charge is -2.36. The number of hydrogen-bond donors (Lipinski definition) is 2. The van der Waals surface area contributed by atoms with Crippen molar-refractivity contribution in [3.63, 3.8) is 0 Å². The Morgan fingerprint density at radius 1 is 0.896 bits per heavy atom. The van der Waals surface area contributed by atoms with Gasteiger partial charge in [-0.1, -0.05) is 35.3 Å². The third-order valence-electron chi connectivity index (χ3n) is 8.58. The highest BCUT2D eigenvalue weighted by Gasteiger charge is 2.40. The molecule has 1 aliphatic heterocycles. The van der Waals surface area contributed by atoms with Crippen LogP contribution in [-0.2, 0) is 16.1 Å². The Bertz CT molecular complexity index is 1540. The molecule has 48 heavy (non-hydrogen) atoms. The lowest BCUT2D eigenvalue weighted by Crippen LogP contribution is -2.55. The number of carbonyl (C=O) groups excluding carboxylic acids is 2. The molecule has 2 amide bonds. The number of amides is 2. The van der Waals surface area contributed by atoms with Crippen LogP contribution in [0.4, 0.5) is 0 Å². The lowest BCUT2D eigenvalue weighted by atomic mass is 9.91. The van der Waals surface area contributed by atoms with Gasteiger partial charge in [-0.05, 0) is 98.8 Å². The van der Waals surface area contributed by atoms with E-state index in [1.54, 1.807) is 31.4 Å². The summed E-state index contributed by atoms with van der Waals surface area (Å²) in [7, 11) is 1.68. The number of ether oxygens (including phenoxy) is 4. The van der Waals surface area contributed by atoms with E-state index in [-0.39, 0.29) is 43.0 Å². The van der Waals surface area contributed by atoms with Crippen molar-refractivity contribution in [3.05, 3.63) is 86.9 Å². The van der Waals surface area contributed by atoms with Crippen molar-refractivity contribution < 1.29 is 28.5 Å². The van der Waals surface area contributed by atoms with Gasteiger partial charge in [-0.2, -0.15) is 0 Å². The second-order valence-electron chi connectivity index (χ2n) is 12.5. The van der Waals surface area contributed by atoms with Crippen LogP contribution in [0, 0.1) is 19.8 Å². The number of nitrogens with one attached hydrogen (secondary N) is 2. The summed E-state index contributed by atoms with van der Waals surface area (Å²) in [5, 5.41) is 7.47. The summed E-state index contributed by atoms with van der Waals surface area (Å²) < 4.78 is 22.6. The summed E-state index contributed by atoms with van der Waals surface area (Å²) in [5.74, 6) is 1.33. The zero-order valence-electron chi connectivity index (χ0n) is 27.9. The molecule has 2 unspecified atom stereocenters. The summed E-state index contributed by atoms with van der Waals surface area (Å²) in [5.41, 5.74) is 3.30. The number of nitrogens with zero attached hydrogens (tertiary/aromatic N) is 1. The predicted octanol–water partition coefficient (Wildman–Crippen LogP) is 6.38. The van der Waals surface area contributed by atoms with E-state index in [0.29, 0.717) is 59.8 Å². The van der Waals surface area contributed by atoms with E-state index in [4.69, 9.17) is 42.1 Å². The highest BCUT2D eigenvalue weighted by atomic mass is 35.5. The van der Waals surface area contributed by atoms with Gasteiger partial charge < -0.3 is 34.5 Å². The molecule has 2 aliphatic rings. The van der Waals surface area contributed by atoms with Gasteiger partial charge in [-0.3, -0.25) is 9.59 Å². The Balaban J connectivity index is 1.17. The van der Waals surface area contributed by atoms with Crippen LogP contribution in [0.15, 0.2) is 54.6 Å². The third-order valence-corrected chi connectivity index (χ3v) is 9.14. The minimum absolute atomic E-state index is 0.0670. The van der Waals surface area contributed by atoms with Gasteiger partial charge >= 0.3 is 0 Å². The van der Waals surface area contributed by atoms with Crippen LogP contribution in [-0.4, -0.2) is 75.4 Å². The average molecular weight is 699 g/mol. The summed E-state index contributed by atoms with van der Waals surface area (Å²) in [6.45, 7) is 7.28. The molecule has 1 heterocycles. The second kappa shape index (κ2) is 17.2. The minimum Gasteiger partial charge on any atom is -0.493 e. The van der Waals surface area contributed by atoms with Gasteiger partial charge in [0, 0.05) is 50.9 Å². The van der Waals surface area contributed by atoms with E-state index in [1.165, 1.54) is 0 Å². The highest BCUT2D eigenvalue weighted by Crippen LogP contribution is 2.34.